The van der Waals surface area contributed by atoms with E-state index in [9.17, 15) is 14.5 Å². The number of fused-ring (bicyclic) bond motifs is 1. The minimum absolute atomic E-state index is 0.202. The first-order chi connectivity index (χ1) is 9.56. The van der Waals surface area contributed by atoms with Crippen molar-refractivity contribution in [1.82, 2.24) is 4.90 Å². The summed E-state index contributed by atoms with van der Waals surface area (Å²) in [5.41, 5.74) is 0.184. The molecular formula is C13H15BrFN3O2. The van der Waals surface area contributed by atoms with Gasteiger partial charge in [0.1, 0.15) is 11.5 Å². The molecule has 5 nitrogen and oxygen atoms in total. The lowest BCUT2D eigenvalue weighted by Gasteiger charge is -2.22. The molecule has 7 heteroatoms. The standard InChI is InChI=1S/C13H15BrFN3O2/c14-8-6-11(13(18(19)20)7-9(8)15)16-10-3-5-17-4-1-2-12(10)17/h6-7,10,12,16H,1-5H2. The van der Waals surface area contributed by atoms with Crippen molar-refractivity contribution in [2.75, 3.05) is 18.4 Å². The average molecular weight is 344 g/mol. The average Bonchev–Trinajstić information content (AvgIpc) is 2.98. The fourth-order valence-electron chi connectivity index (χ4n) is 3.25. The van der Waals surface area contributed by atoms with Crippen LogP contribution in [-0.2, 0) is 0 Å². The third-order valence-corrected chi connectivity index (χ3v) is 4.79. The first-order valence-electron chi connectivity index (χ1n) is 6.70. The van der Waals surface area contributed by atoms with Gasteiger partial charge in [-0.1, -0.05) is 0 Å². The van der Waals surface area contributed by atoms with Crippen molar-refractivity contribution in [2.45, 2.75) is 31.3 Å². The van der Waals surface area contributed by atoms with E-state index in [0.29, 0.717) is 11.7 Å². The van der Waals surface area contributed by atoms with Gasteiger partial charge in [-0.3, -0.25) is 15.0 Å². The van der Waals surface area contributed by atoms with Crippen LogP contribution in [0.5, 0.6) is 0 Å². The highest BCUT2D eigenvalue weighted by molar-refractivity contribution is 9.10. The monoisotopic (exact) mass is 343 g/mol. The van der Waals surface area contributed by atoms with Crippen molar-refractivity contribution < 1.29 is 9.31 Å². The predicted molar refractivity (Wildman–Crippen MR) is 77.4 cm³/mol. The third-order valence-electron chi connectivity index (χ3n) is 4.18. The lowest BCUT2D eigenvalue weighted by atomic mass is 10.1. The number of hydrogen-bond acceptors (Lipinski definition) is 4. The highest BCUT2D eigenvalue weighted by Crippen LogP contribution is 2.35. The van der Waals surface area contributed by atoms with Gasteiger partial charge in [0.05, 0.1) is 15.5 Å². The Bertz CT molecular complexity index is 555. The SMILES string of the molecule is O=[N+]([O-])c1cc(F)c(Br)cc1NC1CCN2CCCC12. The summed E-state index contributed by atoms with van der Waals surface area (Å²) in [6.45, 7) is 2.14. The Balaban J connectivity index is 1.86. The summed E-state index contributed by atoms with van der Waals surface area (Å²) in [6.07, 6.45) is 3.27. The molecule has 1 aromatic rings. The maximum atomic E-state index is 13.5. The maximum Gasteiger partial charge on any atom is 0.295 e. The van der Waals surface area contributed by atoms with Crippen LogP contribution in [0.2, 0.25) is 0 Å². The number of hydrogen-bond donors (Lipinski definition) is 1. The van der Waals surface area contributed by atoms with E-state index in [2.05, 4.69) is 26.1 Å². The summed E-state index contributed by atoms with van der Waals surface area (Å²) in [4.78, 5) is 12.9. The van der Waals surface area contributed by atoms with E-state index < -0.39 is 10.7 Å². The van der Waals surface area contributed by atoms with Gasteiger partial charge in [0, 0.05) is 18.6 Å². The van der Waals surface area contributed by atoms with Crippen LogP contribution in [-0.4, -0.2) is 35.0 Å². The number of rotatable bonds is 3. The Labute approximate surface area is 124 Å². The summed E-state index contributed by atoms with van der Waals surface area (Å²) in [6, 6.07) is 3.07. The van der Waals surface area contributed by atoms with E-state index in [0.717, 1.165) is 32.0 Å². The van der Waals surface area contributed by atoms with Gasteiger partial charge in [0.25, 0.3) is 5.69 Å². The van der Waals surface area contributed by atoms with E-state index in [1.165, 1.54) is 12.5 Å². The van der Waals surface area contributed by atoms with Crippen molar-refractivity contribution in [3.8, 4) is 0 Å². The molecule has 0 spiro atoms. The molecule has 2 unspecified atom stereocenters. The number of anilines is 1. The van der Waals surface area contributed by atoms with Crippen molar-refractivity contribution >= 4 is 27.3 Å². The topological polar surface area (TPSA) is 58.4 Å². The molecule has 20 heavy (non-hydrogen) atoms. The van der Waals surface area contributed by atoms with Crippen LogP contribution in [0.4, 0.5) is 15.8 Å². The molecule has 3 rings (SSSR count). The fraction of sp³-hybridized carbons (Fsp3) is 0.538. The van der Waals surface area contributed by atoms with E-state index >= 15 is 0 Å². The summed E-state index contributed by atoms with van der Waals surface area (Å²) in [5, 5.41) is 14.3. The van der Waals surface area contributed by atoms with Crippen molar-refractivity contribution in [2.24, 2.45) is 0 Å². The molecule has 0 aliphatic carbocycles. The Kier molecular flexibility index (Phi) is 3.64. The molecule has 108 valence electrons. The smallest absolute Gasteiger partial charge is 0.295 e. The van der Waals surface area contributed by atoms with Gasteiger partial charge in [-0.25, -0.2) is 4.39 Å². The molecule has 1 aromatic carbocycles. The van der Waals surface area contributed by atoms with E-state index in [1.807, 2.05) is 0 Å². The molecular weight excluding hydrogens is 329 g/mol. The summed E-state index contributed by atoms with van der Waals surface area (Å²) >= 11 is 3.09. The Hall–Kier alpha value is -1.21. The van der Waals surface area contributed by atoms with Gasteiger partial charge < -0.3 is 5.32 Å². The second kappa shape index (κ2) is 5.29. The largest absolute Gasteiger partial charge is 0.375 e. The second-order valence-electron chi connectivity index (χ2n) is 5.33. The van der Waals surface area contributed by atoms with Crippen LogP contribution < -0.4 is 5.32 Å². The summed E-state index contributed by atoms with van der Waals surface area (Å²) in [7, 11) is 0. The zero-order chi connectivity index (χ0) is 14.3. The highest BCUT2D eigenvalue weighted by Gasteiger charge is 2.37. The zero-order valence-electron chi connectivity index (χ0n) is 10.8. The van der Waals surface area contributed by atoms with Gasteiger partial charge >= 0.3 is 0 Å². The van der Waals surface area contributed by atoms with Crippen molar-refractivity contribution in [3.63, 3.8) is 0 Å². The van der Waals surface area contributed by atoms with Gasteiger partial charge in [-0.05, 0) is 47.8 Å². The number of halogens is 2. The van der Waals surface area contributed by atoms with Crippen LogP contribution in [0.3, 0.4) is 0 Å². The number of nitro benzene ring substituents is 1. The van der Waals surface area contributed by atoms with Crippen LogP contribution in [0.25, 0.3) is 0 Å². The molecule has 0 amide bonds. The van der Waals surface area contributed by atoms with Gasteiger partial charge in [-0.2, -0.15) is 0 Å². The Morgan fingerprint density at radius 2 is 2.20 bits per heavy atom. The molecule has 2 fully saturated rings. The molecule has 0 radical (unpaired) electrons. The predicted octanol–water partition coefficient (Wildman–Crippen LogP) is 3.15. The normalized spacial score (nSPS) is 25.7. The molecule has 2 aliphatic rings. The quantitative estimate of drug-likeness (QED) is 0.676. The zero-order valence-corrected chi connectivity index (χ0v) is 12.4. The first kappa shape index (κ1) is 13.8. The van der Waals surface area contributed by atoms with Gasteiger partial charge in [0.2, 0.25) is 0 Å². The number of nitrogens with zero attached hydrogens (tertiary/aromatic N) is 2. The molecule has 2 atom stereocenters. The second-order valence-corrected chi connectivity index (χ2v) is 6.18. The lowest BCUT2D eigenvalue weighted by Crippen LogP contribution is -2.33. The number of nitrogens with one attached hydrogen (secondary N) is 1. The van der Waals surface area contributed by atoms with Gasteiger partial charge in [-0.15, -0.1) is 0 Å². The fourth-order valence-corrected chi connectivity index (χ4v) is 3.60. The van der Waals surface area contributed by atoms with E-state index in [4.69, 9.17) is 0 Å². The van der Waals surface area contributed by atoms with E-state index in [1.54, 1.807) is 0 Å². The van der Waals surface area contributed by atoms with Crippen LogP contribution in [0, 0.1) is 15.9 Å². The third kappa shape index (κ3) is 2.40. The molecule has 0 aromatic heterocycles. The summed E-state index contributed by atoms with van der Waals surface area (Å²) < 4.78 is 13.7. The maximum absolute atomic E-state index is 13.5. The van der Waals surface area contributed by atoms with Crippen LogP contribution in [0.1, 0.15) is 19.3 Å². The molecule has 2 saturated heterocycles. The number of nitro groups is 1. The molecule has 2 aliphatic heterocycles. The minimum Gasteiger partial charge on any atom is -0.375 e. The Morgan fingerprint density at radius 1 is 1.40 bits per heavy atom. The molecule has 0 bridgehead atoms. The van der Waals surface area contributed by atoms with Gasteiger partial charge in [0.15, 0.2) is 0 Å². The van der Waals surface area contributed by atoms with Crippen molar-refractivity contribution in [3.05, 3.63) is 32.5 Å². The van der Waals surface area contributed by atoms with E-state index in [-0.39, 0.29) is 16.2 Å². The van der Waals surface area contributed by atoms with Crippen LogP contribution in [0.15, 0.2) is 16.6 Å². The molecule has 1 N–H and O–H groups in total. The minimum atomic E-state index is -0.615. The lowest BCUT2D eigenvalue weighted by molar-refractivity contribution is -0.384. The highest BCUT2D eigenvalue weighted by atomic mass is 79.9. The van der Waals surface area contributed by atoms with Crippen molar-refractivity contribution in [1.29, 1.82) is 0 Å². The van der Waals surface area contributed by atoms with Crippen LogP contribution >= 0.6 is 15.9 Å². The molecule has 2 heterocycles. The summed E-state index contributed by atoms with van der Waals surface area (Å²) in [5.74, 6) is -0.615. The molecule has 0 saturated carbocycles. The Morgan fingerprint density at radius 3 is 2.95 bits per heavy atom. The first-order valence-corrected chi connectivity index (χ1v) is 7.49. The number of benzene rings is 1.